The van der Waals surface area contributed by atoms with Crippen LogP contribution in [0.4, 0.5) is 5.69 Å². The van der Waals surface area contributed by atoms with Crippen LogP contribution in [-0.4, -0.2) is 17.6 Å². The molecule has 1 atom stereocenters. The molecule has 0 aliphatic carbocycles. The lowest BCUT2D eigenvalue weighted by Crippen LogP contribution is -2.27. The summed E-state index contributed by atoms with van der Waals surface area (Å²) in [6, 6.07) is 13.0. The Kier molecular flexibility index (Phi) is 4.60. The van der Waals surface area contributed by atoms with Crippen LogP contribution in [0.5, 0.6) is 5.75 Å². The quantitative estimate of drug-likeness (QED) is 0.756. The molecule has 1 unspecified atom stereocenters. The lowest BCUT2D eigenvalue weighted by Gasteiger charge is -2.17. The number of carbonyl (C=O) groups excluding carboxylic acids is 1. The number of rotatable bonds is 4. The monoisotopic (exact) mass is 284 g/mol. The maximum atomic E-state index is 12.4. The molecule has 21 heavy (non-hydrogen) atoms. The summed E-state index contributed by atoms with van der Waals surface area (Å²) in [4.78, 5) is 12.4. The van der Waals surface area contributed by atoms with Crippen LogP contribution < -0.4 is 11.1 Å². The molecule has 0 spiro atoms. The summed E-state index contributed by atoms with van der Waals surface area (Å²) < 4.78 is 0. The number of phenols is 1. The van der Waals surface area contributed by atoms with Gasteiger partial charge < -0.3 is 16.2 Å². The topological polar surface area (TPSA) is 75.3 Å². The number of anilines is 1. The Morgan fingerprint density at radius 2 is 1.90 bits per heavy atom. The van der Waals surface area contributed by atoms with Crippen LogP contribution in [-0.2, 0) is 4.79 Å². The molecular formula is C17H20N2O2. The fourth-order valence-corrected chi connectivity index (χ4v) is 2.35. The first-order chi connectivity index (χ1) is 10.0. The Labute approximate surface area is 124 Å². The van der Waals surface area contributed by atoms with E-state index in [4.69, 9.17) is 5.73 Å². The second-order valence-electron chi connectivity index (χ2n) is 5.17. The highest BCUT2D eigenvalue weighted by Gasteiger charge is 2.20. The Balaban J connectivity index is 2.25. The van der Waals surface area contributed by atoms with Gasteiger partial charge >= 0.3 is 0 Å². The molecule has 0 radical (unpaired) electrons. The minimum atomic E-state index is -0.439. The van der Waals surface area contributed by atoms with Crippen LogP contribution in [0.1, 0.15) is 22.6 Å². The number of hydrogen-bond donors (Lipinski definition) is 3. The highest BCUT2D eigenvalue weighted by Crippen LogP contribution is 2.29. The molecule has 1 amide bonds. The largest absolute Gasteiger partial charge is 0.505 e. The summed E-state index contributed by atoms with van der Waals surface area (Å²) in [5.74, 6) is -0.562. The Hall–Kier alpha value is -2.33. The van der Waals surface area contributed by atoms with Crippen LogP contribution in [0.3, 0.4) is 0 Å². The molecule has 0 aliphatic rings. The van der Waals surface area contributed by atoms with E-state index >= 15 is 0 Å². The van der Waals surface area contributed by atoms with Crippen molar-refractivity contribution in [3.63, 3.8) is 0 Å². The third kappa shape index (κ3) is 3.41. The number of nitrogens with two attached hydrogens (primary N) is 1. The molecule has 0 saturated heterocycles. The number of amides is 1. The zero-order chi connectivity index (χ0) is 15.4. The number of aromatic hydroxyl groups is 1. The van der Waals surface area contributed by atoms with Gasteiger partial charge in [0.2, 0.25) is 5.91 Å². The number of hydrogen-bond acceptors (Lipinski definition) is 3. The van der Waals surface area contributed by atoms with E-state index in [1.54, 1.807) is 13.0 Å². The molecule has 0 bridgehead atoms. The molecule has 4 heteroatoms. The number of phenolic OH excluding ortho intramolecular Hbond substituents is 1. The van der Waals surface area contributed by atoms with Crippen molar-refractivity contribution < 1.29 is 9.90 Å². The van der Waals surface area contributed by atoms with Gasteiger partial charge in [-0.1, -0.05) is 36.4 Å². The van der Waals surface area contributed by atoms with Gasteiger partial charge in [-0.05, 0) is 36.6 Å². The van der Waals surface area contributed by atoms with E-state index < -0.39 is 5.92 Å². The van der Waals surface area contributed by atoms with Gasteiger partial charge in [-0.25, -0.2) is 0 Å². The van der Waals surface area contributed by atoms with Crippen LogP contribution in [0, 0.1) is 13.8 Å². The molecule has 2 aromatic carbocycles. The van der Waals surface area contributed by atoms with E-state index in [2.05, 4.69) is 5.32 Å². The van der Waals surface area contributed by atoms with Gasteiger partial charge in [0.1, 0.15) is 5.75 Å². The van der Waals surface area contributed by atoms with Gasteiger partial charge in [-0.15, -0.1) is 0 Å². The average Bonchev–Trinajstić information content (AvgIpc) is 2.46. The van der Waals surface area contributed by atoms with E-state index in [1.807, 2.05) is 43.3 Å². The molecule has 0 fully saturated rings. The molecular weight excluding hydrogens is 264 g/mol. The third-order valence-electron chi connectivity index (χ3n) is 3.46. The van der Waals surface area contributed by atoms with Gasteiger partial charge in [0.25, 0.3) is 0 Å². The number of aryl methyl sites for hydroxylation is 2. The lowest BCUT2D eigenvalue weighted by molar-refractivity contribution is -0.117. The van der Waals surface area contributed by atoms with Crippen molar-refractivity contribution in [2.45, 2.75) is 19.8 Å². The molecule has 0 aliphatic heterocycles. The van der Waals surface area contributed by atoms with E-state index in [1.165, 1.54) is 0 Å². The van der Waals surface area contributed by atoms with Crippen molar-refractivity contribution in [1.29, 1.82) is 0 Å². The second kappa shape index (κ2) is 6.41. The van der Waals surface area contributed by atoms with E-state index in [0.29, 0.717) is 5.69 Å². The average molecular weight is 284 g/mol. The highest BCUT2D eigenvalue weighted by atomic mass is 16.3. The highest BCUT2D eigenvalue weighted by molar-refractivity contribution is 5.97. The van der Waals surface area contributed by atoms with Crippen LogP contribution >= 0.6 is 0 Å². The maximum absolute atomic E-state index is 12.4. The van der Waals surface area contributed by atoms with Gasteiger partial charge in [0.05, 0.1) is 11.6 Å². The molecule has 0 aromatic heterocycles. The molecule has 4 N–H and O–H groups in total. The predicted octanol–water partition coefficient (Wildman–Crippen LogP) is 2.69. The summed E-state index contributed by atoms with van der Waals surface area (Å²) in [7, 11) is 0. The zero-order valence-corrected chi connectivity index (χ0v) is 12.3. The predicted molar refractivity (Wildman–Crippen MR) is 84.4 cm³/mol. The minimum absolute atomic E-state index is 0.0952. The summed E-state index contributed by atoms with van der Waals surface area (Å²) in [5, 5.41) is 12.8. The summed E-state index contributed by atoms with van der Waals surface area (Å²) in [6.45, 7) is 3.93. The second-order valence-corrected chi connectivity index (χ2v) is 5.17. The first-order valence-corrected chi connectivity index (χ1v) is 6.89. The summed E-state index contributed by atoms with van der Waals surface area (Å²) >= 11 is 0. The minimum Gasteiger partial charge on any atom is -0.505 e. The first-order valence-electron chi connectivity index (χ1n) is 6.89. The molecule has 2 aromatic rings. The molecule has 2 rings (SSSR count). The fraction of sp³-hybridized carbons (Fsp3) is 0.235. The van der Waals surface area contributed by atoms with Crippen molar-refractivity contribution in [2.75, 3.05) is 11.9 Å². The van der Waals surface area contributed by atoms with Crippen molar-refractivity contribution >= 4 is 11.6 Å². The molecule has 0 saturated carbocycles. The number of benzene rings is 2. The Bertz CT molecular complexity index is 639. The van der Waals surface area contributed by atoms with Crippen molar-refractivity contribution in [1.82, 2.24) is 0 Å². The molecule has 0 heterocycles. The Morgan fingerprint density at radius 1 is 1.24 bits per heavy atom. The SMILES string of the molecule is Cc1cc(C)c(O)c(NC(=O)C(CN)c2ccccc2)c1. The summed E-state index contributed by atoms with van der Waals surface area (Å²) in [6.07, 6.45) is 0. The van der Waals surface area contributed by atoms with Crippen LogP contribution in [0.15, 0.2) is 42.5 Å². The van der Waals surface area contributed by atoms with Crippen LogP contribution in [0.2, 0.25) is 0 Å². The summed E-state index contributed by atoms with van der Waals surface area (Å²) in [5.41, 5.74) is 8.73. The van der Waals surface area contributed by atoms with Crippen LogP contribution in [0.25, 0.3) is 0 Å². The molecule has 4 nitrogen and oxygen atoms in total. The van der Waals surface area contributed by atoms with Crippen molar-refractivity contribution in [3.8, 4) is 5.75 Å². The van der Waals surface area contributed by atoms with Gasteiger partial charge in [-0.2, -0.15) is 0 Å². The van der Waals surface area contributed by atoms with Gasteiger partial charge in [0.15, 0.2) is 0 Å². The van der Waals surface area contributed by atoms with Gasteiger partial charge in [0, 0.05) is 6.54 Å². The maximum Gasteiger partial charge on any atom is 0.233 e. The fourth-order valence-electron chi connectivity index (χ4n) is 2.35. The van der Waals surface area contributed by atoms with E-state index in [-0.39, 0.29) is 18.2 Å². The lowest BCUT2D eigenvalue weighted by atomic mass is 9.98. The number of nitrogens with one attached hydrogen (secondary N) is 1. The van der Waals surface area contributed by atoms with E-state index in [0.717, 1.165) is 16.7 Å². The normalized spacial score (nSPS) is 12.0. The Morgan fingerprint density at radius 3 is 2.52 bits per heavy atom. The zero-order valence-electron chi connectivity index (χ0n) is 12.3. The van der Waals surface area contributed by atoms with Gasteiger partial charge in [-0.3, -0.25) is 4.79 Å². The number of carbonyl (C=O) groups is 1. The molecule has 110 valence electrons. The smallest absolute Gasteiger partial charge is 0.233 e. The van der Waals surface area contributed by atoms with Crippen molar-refractivity contribution in [2.24, 2.45) is 5.73 Å². The van der Waals surface area contributed by atoms with E-state index in [9.17, 15) is 9.90 Å². The first kappa shape index (κ1) is 15.1. The third-order valence-corrected chi connectivity index (χ3v) is 3.46. The standard InChI is InChI=1S/C17H20N2O2/c1-11-8-12(2)16(20)15(9-11)19-17(21)14(10-18)13-6-4-3-5-7-13/h3-9,14,20H,10,18H2,1-2H3,(H,19,21). The van der Waals surface area contributed by atoms with Crippen molar-refractivity contribution in [3.05, 3.63) is 59.2 Å².